The van der Waals surface area contributed by atoms with E-state index < -0.39 is 5.06 Å². The molecular formula is C19H29ClO2. The average molecular weight is 325 g/mol. The predicted octanol–water partition coefficient (Wildman–Crippen LogP) is 5.72. The molecule has 0 spiro atoms. The van der Waals surface area contributed by atoms with E-state index in [2.05, 4.69) is 52.0 Å². The normalized spacial score (nSPS) is 22.3. The third-order valence-electron chi connectivity index (χ3n) is 4.21. The third-order valence-corrected chi connectivity index (χ3v) is 4.71. The molecule has 0 radical (unpaired) electrons. The molecule has 0 aliphatic carbocycles. The van der Waals surface area contributed by atoms with Gasteiger partial charge in [0.2, 0.25) is 0 Å². The molecule has 124 valence electrons. The van der Waals surface area contributed by atoms with Gasteiger partial charge in [0.1, 0.15) is 0 Å². The van der Waals surface area contributed by atoms with Gasteiger partial charge in [0.25, 0.3) is 0 Å². The van der Waals surface area contributed by atoms with Gasteiger partial charge >= 0.3 is 0 Å². The Hall–Kier alpha value is -0.570. The summed E-state index contributed by atoms with van der Waals surface area (Å²) < 4.78 is 11.9. The number of alkyl halides is 1. The van der Waals surface area contributed by atoms with Gasteiger partial charge in [-0.25, -0.2) is 0 Å². The van der Waals surface area contributed by atoms with E-state index in [0.29, 0.717) is 0 Å². The highest BCUT2D eigenvalue weighted by molar-refractivity contribution is 6.23. The second kappa shape index (κ2) is 7.33. The summed E-state index contributed by atoms with van der Waals surface area (Å²) in [5, 5.41) is -0.785. The van der Waals surface area contributed by atoms with Crippen molar-refractivity contribution in [1.29, 1.82) is 0 Å². The SMILES string of the molecule is CCCC(Cl)(OC1CCCCO1)c1ccc(C(C)(C)C)cc1. The van der Waals surface area contributed by atoms with Crippen LogP contribution < -0.4 is 0 Å². The molecular weight excluding hydrogens is 296 g/mol. The van der Waals surface area contributed by atoms with Crippen molar-refractivity contribution in [2.45, 2.75) is 76.6 Å². The Morgan fingerprint density at radius 1 is 1.14 bits per heavy atom. The second-order valence-corrected chi connectivity index (χ2v) is 7.83. The summed E-state index contributed by atoms with van der Waals surface area (Å²) in [5.74, 6) is 0. The van der Waals surface area contributed by atoms with Crippen molar-refractivity contribution < 1.29 is 9.47 Å². The molecule has 3 heteroatoms. The first-order chi connectivity index (χ1) is 10.3. The zero-order chi connectivity index (χ0) is 16.2. The fourth-order valence-corrected chi connectivity index (χ4v) is 3.24. The van der Waals surface area contributed by atoms with E-state index in [4.69, 9.17) is 21.1 Å². The van der Waals surface area contributed by atoms with E-state index in [1.54, 1.807) is 0 Å². The van der Waals surface area contributed by atoms with Crippen LogP contribution in [0.25, 0.3) is 0 Å². The molecule has 1 saturated heterocycles. The first-order valence-electron chi connectivity index (χ1n) is 8.44. The van der Waals surface area contributed by atoms with Gasteiger partial charge in [-0.1, -0.05) is 70.0 Å². The summed E-state index contributed by atoms with van der Waals surface area (Å²) in [7, 11) is 0. The third kappa shape index (κ3) is 4.47. The molecule has 0 aromatic heterocycles. The van der Waals surface area contributed by atoms with Crippen molar-refractivity contribution >= 4 is 11.6 Å². The number of ether oxygens (including phenoxy) is 2. The van der Waals surface area contributed by atoms with Gasteiger partial charge in [0.15, 0.2) is 11.4 Å². The minimum absolute atomic E-state index is 0.144. The Kier molecular flexibility index (Phi) is 5.93. The fraction of sp³-hybridized carbons (Fsp3) is 0.684. The summed E-state index contributed by atoms with van der Waals surface area (Å²) in [4.78, 5) is 0. The summed E-state index contributed by atoms with van der Waals surface area (Å²) in [6, 6.07) is 8.53. The van der Waals surface area contributed by atoms with Crippen molar-refractivity contribution in [3.8, 4) is 0 Å². The maximum Gasteiger partial charge on any atom is 0.170 e. The lowest BCUT2D eigenvalue weighted by Gasteiger charge is -2.34. The Morgan fingerprint density at radius 3 is 2.27 bits per heavy atom. The monoisotopic (exact) mass is 324 g/mol. The van der Waals surface area contributed by atoms with Crippen LogP contribution in [-0.2, 0) is 19.9 Å². The number of rotatable bonds is 5. The summed E-state index contributed by atoms with van der Waals surface area (Å²) in [5.41, 5.74) is 2.48. The predicted molar refractivity (Wildman–Crippen MR) is 92.3 cm³/mol. The molecule has 0 amide bonds. The molecule has 2 unspecified atom stereocenters. The topological polar surface area (TPSA) is 18.5 Å². The highest BCUT2D eigenvalue weighted by Gasteiger charge is 2.34. The van der Waals surface area contributed by atoms with E-state index in [1.807, 2.05) is 0 Å². The highest BCUT2D eigenvalue weighted by Crippen LogP contribution is 2.39. The van der Waals surface area contributed by atoms with Crippen LogP contribution in [0, 0.1) is 0 Å². The largest absolute Gasteiger partial charge is 0.353 e. The number of hydrogen-bond acceptors (Lipinski definition) is 2. The number of benzene rings is 1. The molecule has 0 N–H and O–H groups in total. The molecule has 1 fully saturated rings. The zero-order valence-corrected chi connectivity index (χ0v) is 15.1. The molecule has 1 heterocycles. The van der Waals surface area contributed by atoms with Crippen molar-refractivity contribution in [2.24, 2.45) is 0 Å². The lowest BCUT2D eigenvalue weighted by molar-refractivity contribution is -0.205. The molecule has 1 aromatic carbocycles. The van der Waals surface area contributed by atoms with Crippen molar-refractivity contribution in [3.05, 3.63) is 35.4 Å². The van der Waals surface area contributed by atoms with Crippen molar-refractivity contribution in [2.75, 3.05) is 6.61 Å². The molecule has 1 aromatic rings. The first-order valence-corrected chi connectivity index (χ1v) is 8.82. The Balaban J connectivity index is 2.18. The van der Waals surface area contributed by atoms with Gasteiger partial charge in [-0.3, -0.25) is 0 Å². The van der Waals surface area contributed by atoms with Crippen LogP contribution >= 0.6 is 11.6 Å². The van der Waals surface area contributed by atoms with Crippen LogP contribution in [0.2, 0.25) is 0 Å². The minimum atomic E-state index is -0.785. The van der Waals surface area contributed by atoms with Crippen molar-refractivity contribution in [1.82, 2.24) is 0 Å². The molecule has 22 heavy (non-hydrogen) atoms. The maximum atomic E-state index is 6.86. The van der Waals surface area contributed by atoms with Gasteiger partial charge in [-0.15, -0.1) is 0 Å². The molecule has 0 saturated carbocycles. The van der Waals surface area contributed by atoms with Gasteiger partial charge < -0.3 is 9.47 Å². The number of hydrogen-bond donors (Lipinski definition) is 0. The summed E-state index contributed by atoms with van der Waals surface area (Å²) >= 11 is 6.86. The van der Waals surface area contributed by atoms with Crippen LogP contribution in [0.3, 0.4) is 0 Å². The smallest absolute Gasteiger partial charge is 0.170 e. The quantitative estimate of drug-likeness (QED) is 0.645. The molecule has 1 aliphatic rings. The van der Waals surface area contributed by atoms with Crippen LogP contribution in [0.5, 0.6) is 0 Å². The van der Waals surface area contributed by atoms with E-state index in [-0.39, 0.29) is 11.7 Å². The van der Waals surface area contributed by atoms with E-state index in [1.165, 1.54) is 5.56 Å². The minimum Gasteiger partial charge on any atom is -0.353 e. The second-order valence-electron chi connectivity index (χ2n) is 7.22. The fourth-order valence-electron chi connectivity index (χ4n) is 2.82. The van der Waals surface area contributed by atoms with Crippen LogP contribution in [0.4, 0.5) is 0 Å². The van der Waals surface area contributed by atoms with Gasteiger partial charge in [0.05, 0.1) is 0 Å². The van der Waals surface area contributed by atoms with Gasteiger partial charge in [-0.2, -0.15) is 0 Å². The standard InChI is InChI=1S/C19H29ClO2/c1-5-13-19(20,22-17-8-6-7-14-21-17)16-11-9-15(10-12-16)18(2,3)4/h9-12,17H,5-8,13-14H2,1-4H3. The van der Waals surface area contributed by atoms with E-state index >= 15 is 0 Å². The first kappa shape index (κ1) is 17.8. The Labute approximate surface area is 140 Å². The molecule has 2 rings (SSSR count). The summed E-state index contributed by atoms with van der Waals surface area (Å²) in [6.45, 7) is 9.55. The van der Waals surface area contributed by atoms with Gasteiger partial charge in [-0.05, 0) is 42.2 Å². The van der Waals surface area contributed by atoms with E-state index in [0.717, 1.165) is 44.3 Å². The highest BCUT2D eigenvalue weighted by atomic mass is 35.5. The maximum absolute atomic E-state index is 6.86. The van der Waals surface area contributed by atoms with Crippen LogP contribution in [0.1, 0.15) is 70.9 Å². The Morgan fingerprint density at radius 2 is 1.77 bits per heavy atom. The molecule has 2 nitrogen and oxygen atoms in total. The zero-order valence-electron chi connectivity index (χ0n) is 14.3. The molecule has 1 aliphatic heterocycles. The Bertz CT molecular complexity index is 457. The number of halogens is 1. The van der Waals surface area contributed by atoms with Crippen LogP contribution in [-0.4, -0.2) is 12.9 Å². The lowest BCUT2D eigenvalue weighted by Crippen LogP contribution is -2.33. The molecule has 2 atom stereocenters. The van der Waals surface area contributed by atoms with Gasteiger partial charge in [0, 0.05) is 6.61 Å². The average Bonchev–Trinajstić information content (AvgIpc) is 2.48. The van der Waals surface area contributed by atoms with E-state index in [9.17, 15) is 0 Å². The molecule has 0 bridgehead atoms. The van der Waals surface area contributed by atoms with Crippen LogP contribution in [0.15, 0.2) is 24.3 Å². The summed E-state index contributed by atoms with van der Waals surface area (Å²) in [6.07, 6.45) is 4.76. The lowest BCUT2D eigenvalue weighted by atomic mass is 9.86. The van der Waals surface area contributed by atoms with Crippen molar-refractivity contribution in [3.63, 3.8) is 0 Å².